The molecule has 0 saturated carbocycles. The predicted molar refractivity (Wildman–Crippen MR) is 112 cm³/mol. The zero-order chi connectivity index (χ0) is 21.6. The minimum Gasteiger partial charge on any atom is -0.382 e. The van der Waals surface area contributed by atoms with Crippen LogP contribution in [0.3, 0.4) is 0 Å². The molecule has 13 heteroatoms. The van der Waals surface area contributed by atoms with Gasteiger partial charge in [-0.15, -0.1) is 0 Å². The lowest BCUT2D eigenvalue weighted by Crippen LogP contribution is -2.28. The Balaban J connectivity index is 1.93. The van der Waals surface area contributed by atoms with E-state index >= 15 is 0 Å². The Labute approximate surface area is 178 Å². The van der Waals surface area contributed by atoms with Crippen LogP contribution in [-0.4, -0.2) is 29.7 Å². The number of fused-ring (bicyclic) bond motifs is 1. The van der Waals surface area contributed by atoms with Crippen LogP contribution in [0.25, 0.3) is 16.7 Å². The highest BCUT2D eigenvalue weighted by atomic mass is 35.5. The Morgan fingerprint density at radius 1 is 1.23 bits per heavy atom. The molecule has 3 heterocycles. The molecular formula is C17H14Cl2FN9O. The molecule has 154 valence electrons. The van der Waals surface area contributed by atoms with E-state index in [9.17, 15) is 9.18 Å². The fourth-order valence-corrected chi connectivity index (χ4v) is 3.36. The van der Waals surface area contributed by atoms with E-state index in [4.69, 9.17) is 34.7 Å². The first-order chi connectivity index (χ1) is 14.3. The molecule has 4 rings (SSSR count). The first-order valence-electron chi connectivity index (χ1n) is 8.52. The predicted octanol–water partition coefficient (Wildman–Crippen LogP) is 2.68. The van der Waals surface area contributed by atoms with Gasteiger partial charge in [0.25, 0.3) is 5.56 Å². The van der Waals surface area contributed by atoms with Crippen molar-refractivity contribution in [3.05, 3.63) is 56.4 Å². The molecular weight excluding hydrogens is 436 g/mol. The smallest absolute Gasteiger partial charge is 0.267 e. The third-order valence-electron chi connectivity index (χ3n) is 4.28. The lowest BCUT2D eigenvalue weighted by molar-refractivity contribution is 0.629. The molecule has 3 aromatic heterocycles. The van der Waals surface area contributed by atoms with Gasteiger partial charge in [-0.3, -0.25) is 9.89 Å². The molecule has 0 aliphatic rings. The lowest BCUT2D eigenvalue weighted by atomic mass is 10.2. The molecule has 0 saturated heterocycles. The number of anilines is 3. The van der Waals surface area contributed by atoms with Crippen LogP contribution in [0.1, 0.15) is 18.8 Å². The molecule has 0 amide bonds. The number of hydrogen-bond donors (Lipinski definition) is 4. The van der Waals surface area contributed by atoms with E-state index in [1.165, 1.54) is 10.8 Å². The SMILES string of the molecule is C[C@@H](Nc1nc(N)nc(N)c1Cl)c1nc2c(Cl)cc(F)cc2c(=O)n1-c1ccn[nH]1. The number of halogens is 3. The van der Waals surface area contributed by atoms with Crippen molar-refractivity contribution in [3.63, 3.8) is 0 Å². The molecule has 0 fully saturated rings. The zero-order valence-electron chi connectivity index (χ0n) is 15.3. The van der Waals surface area contributed by atoms with Gasteiger partial charge in [0.05, 0.1) is 28.2 Å². The molecule has 4 aromatic rings. The topological polar surface area (TPSA) is 153 Å². The first-order valence-corrected chi connectivity index (χ1v) is 9.28. The van der Waals surface area contributed by atoms with Crippen LogP contribution in [-0.2, 0) is 0 Å². The molecule has 0 unspecified atom stereocenters. The van der Waals surface area contributed by atoms with E-state index in [0.29, 0.717) is 5.82 Å². The second kappa shape index (κ2) is 7.43. The summed E-state index contributed by atoms with van der Waals surface area (Å²) in [5.41, 5.74) is 11.0. The van der Waals surface area contributed by atoms with E-state index < -0.39 is 17.4 Å². The van der Waals surface area contributed by atoms with Crippen LogP contribution in [0.2, 0.25) is 10.0 Å². The maximum absolute atomic E-state index is 13.9. The summed E-state index contributed by atoms with van der Waals surface area (Å²) in [7, 11) is 0. The van der Waals surface area contributed by atoms with Gasteiger partial charge in [-0.2, -0.15) is 15.1 Å². The Hall–Kier alpha value is -3.44. The van der Waals surface area contributed by atoms with Crippen molar-refractivity contribution in [1.29, 1.82) is 0 Å². The number of aromatic amines is 1. The number of benzene rings is 1. The quantitative estimate of drug-likeness (QED) is 0.370. The summed E-state index contributed by atoms with van der Waals surface area (Å²) in [4.78, 5) is 25.5. The number of nitrogens with zero attached hydrogens (tertiary/aromatic N) is 5. The van der Waals surface area contributed by atoms with E-state index in [1.54, 1.807) is 13.0 Å². The normalized spacial score (nSPS) is 12.3. The fourth-order valence-electron chi connectivity index (χ4n) is 2.98. The van der Waals surface area contributed by atoms with Gasteiger partial charge >= 0.3 is 0 Å². The zero-order valence-corrected chi connectivity index (χ0v) is 16.8. The van der Waals surface area contributed by atoms with Crippen molar-refractivity contribution in [1.82, 2.24) is 29.7 Å². The van der Waals surface area contributed by atoms with Crippen molar-refractivity contribution in [2.75, 3.05) is 16.8 Å². The Morgan fingerprint density at radius 3 is 2.70 bits per heavy atom. The van der Waals surface area contributed by atoms with Gasteiger partial charge in [-0.25, -0.2) is 13.9 Å². The van der Waals surface area contributed by atoms with Gasteiger partial charge in [-0.1, -0.05) is 23.2 Å². The van der Waals surface area contributed by atoms with Gasteiger partial charge in [-0.05, 0) is 19.1 Å². The van der Waals surface area contributed by atoms with Gasteiger partial charge in [0, 0.05) is 6.07 Å². The summed E-state index contributed by atoms with van der Waals surface area (Å²) >= 11 is 12.3. The highest BCUT2D eigenvalue weighted by Crippen LogP contribution is 2.30. The first kappa shape index (κ1) is 19.9. The highest BCUT2D eigenvalue weighted by molar-refractivity contribution is 6.35. The molecule has 6 N–H and O–H groups in total. The summed E-state index contributed by atoms with van der Waals surface area (Å²) in [5, 5.41) is 9.67. The molecule has 0 aliphatic heterocycles. The summed E-state index contributed by atoms with van der Waals surface area (Å²) in [5.74, 6) is -0.0224. The van der Waals surface area contributed by atoms with Gasteiger partial charge in [0.15, 0.2) is 5.82 Å². The second-order valence-electron chi connectivity index (χ2n) is 6.33. The maximum Gasteiger partial charge on any atom is 0.267 e. The van der Waals surface area contributed by atoms with Crippen molar-refractivity contribution >= 4 is 51.7 Å². The largest absolute Gasteiger partial charge is 0.382 e. The van der Waals surface area contributed by atoms with Gasteiger partial charge in [0.1, 0.15) is 28.3 Å². The minimum absolute atomic E-state index is 0.000804. The Kier molecular flexibility index (Phi) is 4.92. The van der Waals surface area contributed by atoms with E-state index in [2.05, 4.69) is 30.5 Å². The average Bonchev–Trinajstić information content (AvgIpc) is 3.20. The molecule has 1 atom stereocenters. The molecule has 30 heavy (non-hydrogen) atoms. The van der Waals surface area contributed by atoms with E-state index in [1.807, 2.05) is 0 Å². The highest BCUT2D eigenvalue weighted by Gasteiger charge is 2.22. The van der Waals surface area contributed by atoms with E-state index in [-0.39, 0.29) is 44.4 Å². The van der Waals surface area contributed by atoms with Crippen molar-refractivity contribution < 1.29 is 4.39 Å². The number of H-pyrrole nitrogens is 1. The van der Waals surface area contributed by atoms with Crippen LogP contribution in [0.15, 0.2) is 29.2 Å². The third-order valence-corrected chi connectivity index (χ3v) is 4.94. The Bertz CT molecular complexity index is 1320. The van der Waals surface area contributed by atoms with Gasteiger partial charge < -0.3 is 16.8 Å². The molecule has 0 aliphatic carbocycles. The van der Waals surface area contributed by atoms with Crippen LogP contribution < -0.4 is 22.3 Å². The maximum atomic E-state index is 13.9. The number of rotatable bonds is 4. The molecule has 1 aromatic carbocycles. The fraction of sp³-hybridized carbons (Fsp3) is 0.118. The van der Waals surface area contributed by atoms with Crippen LogP contribution in [0.5, 0.6) is 0 Å². The average molecular weight is 450 g/mol. The number of nitrogens with two attached hydrogens (primary N) is 2. The molecule has 0 radical (unpaired) electrons. The standard InChI is InChI=1S/C17H14Cl2FN9O/c1-6(24-14-11(19)13(21)26-17(22)27-14)15-25-12-8(4-7(20)5-9(12)18)16(30)29(15)10-2-3-23-28-10/h2-6H,1H3,(H,23,28)(H5,21,22,24,26,27)/t6-/m1/s1. The minimum atomic E-state index is -0.653. The number of nitrogens with one attached hydrogen (secondary N) is 2. The third kappa shape index (κ3) is 3.37. The van der Waals surface area contributed by atoms with Crippen molar-refractivity contribution in [3.8, 4) is 5.82 Å². The van der Waals surface area contributed by atoms with Crippen LogP contribution >= 0.6 is 23.2 Å². The summed E-state index contributed by atoms with van der Waals surface area (Å²) < 4.78 is 15.1. The number of aromatic nitrogens is 6. The second-order valence-corrected chi connectivity index (χ2v) is 7.12. The summed E-state index contributed by atoms with van der Waals surface area (Å²) in [6, 6.07) is 3.09. The molecule has 0 bridgehead atoms. The molecule has 0 spiro atoms. The lowest BCUT2D eigenvalue weighted by Gasteiger charge is -2.20. The van der Waals surface area contributed by atoms with Crippen molar-refractivity contribution in [2.24, 2.45) is 0 Å². The van der Waals surface area contributed by atoms with E-state index in [0.717, 1.165) is 12.1 Å². The number of nitrogen functional groups attached to an aromatic ring is 2. The van der Waals surface area contributed by atoms with Crippen molar-refractivity contribution in [2.45, 2.75) is 13.0 Å². The Morgan fingerprint density at radius 2 is 2.00 bits per heavy atom. The monoisotopic (exact) mass is 449 g/mol. The summed E-state index contributed by atoms with van der Waals surface area (Å²) in [6.45, 7) is 1.71. The van der Waals surface area contributed by atoms with Gasteiger partial charge in [0.2, 0.25) is 5.95 Å². The number of hydrogen-bond acceptors (Lipinski definition) is 8. The summed E-state index contributed by atoms with van der Waals surface area (Å²) in [6.07, 6.45) is 1.47. The van der Waals surface area contributed by atoms with Crippen LogP contribution in [0, 0.1) is 5.82 Å². The van der Waals surface area contributed by atoms with Crippen LogP contribution in [0.4, 0.5) is 22.0 Å². The molecule has 10 nitrogen and oxygen atoms in total.